The van der Waals surface area contributed by atoms with Gasteiger partial charge in [-0.05, 0) is 12.8 Å². The van der Waals surface area contributed by atoms with E-state index in [0.717, 1.165) is 38.5 Å². The molecule has 0 aromatic carbocycles. The number of hydrogen-bond donors (Lipinski definition) is 4. The highest BCUT2D eigenvalue weighted by Crippen LogP contribution is 2.09. The highest BCUT2D eigenvalue weighted by molar-refractivity contribution is 4.69. The first kappa shape index (κ1) is 20.8. The molecule has 0 saturated heterocycles. The summed E-state index contributed by atoms with van der Waals surface area (Å²) in [4.78, 5) is 0. The molecule has 0 aliphatic heterocycles. The van der Waals surface area contributed by atoms with Gasteiger partial charge in [-0.1, -0.05) is 52.4 Å². The fraction of sp³-hybridized carbons (Fsp3) is 1.00. The Kier molecular flexibility index (Phi) is 13.3. The van der Waals surface area contributed by atoms with Gasteiger partial charge in [-0.25, -0.2) is 0 Å². The lowest BCUT2D eigenvalue weighted by atomic mass is 10.1. The van der Waals surface area contributed by atoms with Crippen molar-refractivity contribution in [3.8, 4) is 0 Å². The van der Waals surface area contributed by atoms with Gasteiger partial charge in [0.25, 0.3) is 0 Å². The van der Waals surface area contributed by atoms with Crippen LogP contribution in [0.25, 0.3) is 0 Å². The normalized spacial score (nSPS) is 17.4. The Morgan fingerprint density at radius 1 is 0.619 bits per heavy atom. The maximum atomic E-state index is 9.72. The van der Waals surface area contributed by atoms with Gasteiger partial charge in [0.15, 0.2) is 0 Å². The molecule has 5 nitrogen and oxygen atoms in total. The molecular weight excluding hydrogens is 272 g/mol. The van der Waals surface area contributed by atoms with Crippen molar-refractivity contribution in [3.05, 3.63) is 0 Å². The van der Waals surface area contributed by atoms with Crippen molar-refractivity contribution in [2.75, 3.05) is 13.2 Å². The zero-order valence-electron chi connectivity index (χ0n) is 13.6. The molecular formula is C16H34O5. The average molecular weight is 306 g/mol. The van der Waals surface area contributed by atoms with Gasteiger partial charge >= 0.3 is 0 Å². The Bertz CT molecular complexity index is 203. The standard InChI is InChI=1S/C16H34O5/c1-3-5-7-9-13(17)15(19)11-21-12-16(20)14(18)10-8-6-4-2/h13-20H,3-12H2,1-2H3. The summed E-state index contributed by atoms with van der Waals surface area (Å²) >= 11 is 0. The summed E-state index contributed by atoms with van der Waals surface area (Å²) in [6.07, 6.45) is 3.63. The van der Waals surface area contributed by atoms with Gasteiger partial charge in [-0.15, -0.1) is 0 Å². The monoisotopic (exact) mass is 306 g/mol. The lowest BCUT2D eigenvalue weighted by molar-refractivity contribution is -0.0798. The summed E-state index contributed by atoms with van der Waals surface area (Å²) in [6, 6.07) is 0. The van der Waals surface area contributed by atoms with Crippen LogP contribution in [0, 0.1) is 0 Å². The molecule has 0 heterocycles. The van der Waals surface area contributed by atoms with Crippen LogP contribution in [0.1, 0.15) is 65.2 Å². The lowest BCUT2D eigenvalue weighted by Gasteiger charge is -2.21. The molecule has 0 spiro atoms. The number of hydrogen-bond acceptors (Lipinski definition) is 5. The second-order valence-electron chi connectivity index (χ2n) is 5.80. The molecule has 0 aliphatic carbocycles. The van der Waals surface area contributed by atoms with Crippen LogP contribution in [-0.2, 0) is 4.74 Å². The van der Waals surface area contributed by atoms with Gasteiger partial charge in [0.1, 0.15) is 12.2 Å². The predicted octanol–water partition coefficient (Wildman–Crippen LogP) is 1.61. The molecule has 21 heavy (non-hydrogen) atoms. The van der Waals surface area contributed by atoms with E-state index in [1.165, 1.54) is 0 Å². The number of ether oxygens (including phenoxy) is 1. The number of aliphatic hydroxyl groups excluding tert-OH is 4. The number of aliphatic hydroxyl groups is 4. The molecule has 0 aromatic rings. The van der Waals surface area contributed by atoms with E-state index in [2.05, 4.69) is 13.8 Å². The third kappa shape index (κ3) is 11.1. The van der Waals surface area contributed by atoms with E-state index in [4.69, 9.17) is 4.74 Å². The van der Waals surface area contributed by atoms with Crippen LogP contribution in [0.5, 0.6) is 0 Å². The van der Waals surface area contributed by atoms with Crippen molar-refractivity contribution in [3.63, 3.8) is 0 Å². The second kappa shape index (κ2) is 13.5. The molecule has 0 bridgehead atoms. The highest BCUT2D eigenvalue weighted by atomic mass is 16.5. The molecule has 4 N–H and O–H groups in total. The Hall–Kier alpha value is -0.200. The molecule has 0 aliphatic rings. The van der Waals surface area contributed by atoms with E-state index in [1.807, 2.05) is 0 Å². The maximum Gasteiger partial charge on any atom is 0.103 e. The van der Waals surface area contributed by atoms with E-state index in [9.17, 15) is 20.4 Å². The van der Waals surface area contributed by atoms with E-state index >= 15 is 0 Å². The zero-order valence-corrected chi connectivity index (χ0v) is 13.6. The van der Waals surface area contributed by atoms with Crippen LogP contribution < -0.4 is 0 Å². The first-order chi connectivity index (χ1) is 10.0. The van der Waals surface area contributed by atoms with Gasteiger partial charge in [0.05, 0.1) is 25.4 Å². The molecule has 0 saturated carbocycles. The Balaban J connectivity index is 3.70. The van der Waals surface area contributed by atoms with Crippen molar-refractivity contribution in [1.29, 1.82) is 0 Å². The molecule has 128 valence electrons. The molecule has 5 heteroatoms. The number of unbranched alkanes of at least 4 members (excludes halogenated alkanes) is 4. The molecule has 0 rings (SSSR count). The van der Waals surface area contributed by atoms with E-state index < -0.39 is 24.4 Å². The lowest BCUT2D eigenvalue weighted by Crippen LogP contribution is -2.35. The largest absolute Gasteiger partial charge is 0.390 e. The first-order valence-corrected chi connectivity index (χ1v) is 8.32. The quantitative estimate of drug-likeness (QED) is 0.366. The minimum Gasteiger partial charge on any atom is -0.390 e. The van der Waals surface area contributed by atoms with Crippen LogP contribution in [-0.4, -0.2) is 58.1 Å². The Morgan fingerprint density at radius 3 is 1.33 bits per heavy atom. The van der Waals surface area contributed by atoms with Crippen molar-refractivity contribution in [2.24, 2.45) is 0 Å². The van der Waals surface area contributed by atoms with Gasteiger partial charge in [0, 0.05) is 0 Å². The summed E-state index contributed by atoms with van der Waals surface area (Å²) in [6.45, 7) is 4.12. The zero-order chi connectivity index (χ0) is 16.1. The third-order valence-electron chi connectivity index (χ3n) is 3.67. The minimum absolute atomic E-state index is 0.0218. The smallest absolute Gasteiger partial charge is 0.103 e. The minimum atomic E-state index is -0.939. The molecule has 4 unspecified atom stereocenters. The van der Waals surface area contributed by atoms with E-state index in [-0.39, 0.29) is 13.2 Å². The van der Waals surface area contributed by atoms with Gasteiger partial charge < -0.3 is 25.2 Å². The van der Waals surface area contributed by atoms with E-state index in [1.54, 1.807) is 0 Å². The van der Waals surface area contributed by atoms with Crippen LogP contribution in [0.3, 0.4) is 0 Å². The first-order valence-electron chi connectivity index (χ1n) is 8.32. The fourth-order valence-electron chi connectivity index (χ4n) is 2.12. The Morgan fingerprint density at radius 2 is 1.00 bits per heavy atom. The fourth-order valence-corrected chi connectivity index (χ4v) is 2.12. The summed E-state index contributed by atoms with van der Waals surface area (Å²) in [5.41, 5.74) is 0. The van der Waals surface area contributed by atoms with Crippen LogP contribution in [0.4, 0.5) is 0 Å². The molecule has 0 fully saturated rings. The molecule has 4 atom stereocenters. The topological polar surface area (TPSA) is 90.2 Å². The number of rotatable bonds is 14. The highest BCUT2D eigenvalue weighted by Gasteiger charge is 2.19. The van der Waals surface area contributed by atoms with Crippen LogP contribution >= 0.6 is 0 Å². The predicted molar refractivity (Wildman–Crippen MR) is 83.1 cm³/mol. The van der Waals surface area contributed by atoms with Crippen LogP contribution in [0.2, 0.25) is 0 Å². The molecule has 0 aromatic heterocycles. The Labute approximate surface area is 129 Å². The average Bonchev–Trinajstić information content (AvgIpc) is 2.47. The summed E-state index contributed by atoms with van der Waals surface area (Å²) in [5.74, 6) is 0. The van der Waals surface area contributed by atoms with Gasteiger partial charge in [-0.3, -0.25) is 0 Å². The SMILES string of the molecule is CCCCCC(O)C(O)COCC(O)C(O)CCCCC. The van der Waals surface area contributed by atoms with Crippen molar-refractivity contribution in [1.82, 2.24) is 0 Å². The van der Waals surface area contributed by atoms with E-state index in [0.29, 0.717) is 12.8 Å². The van der Waals surface area contributed by atoms with Crippen molar-refractivity contribution in [2.45, 2.75) is 89.6 Å². The summed E-state index contributed by atoms with van der Waals surface area (Å²) in [5, 5.41) is 38.9. The maximum absolute atomic E-state index is 9.72. The second-order valence-corrected chi connectivity index (χ2v) is 5.80. The molecule has 0 radical (unpaired) electrons. The van der Waals surface area contributed by atoms with Crippen molar-refractivity contribution < 1.29 is 25.2 Å². The van der Waals surface area contributed by atoms with Gasteiger partial charge in [-0.2, -0.15) is 0 Å². The van der Waals surface area contributed by atoms with Crippen molar-refractivity contribution >= 4 is 0 Å². The van der Waals surface area contributed by atoms with Gasteiger partial charge in [0.2, 0.25) is 0 Å². The summed E-state index contributed by atoms with van der Waals surface area (Å²) < 4.78 is 5.19. The third-order valence-corrected chi connectivity index (χ3v) is 3.67. The molecule has 0 amide bonds. The summed E-state index contributed by atoms with van der Waals surface area (Å²) in [7, 11) is 0. The van der Waals surface area contributed by atoms with Crippen LogP contribution in [0.15, 0.2) is 0 Å².